The summed E-state index contributed by atoms with van der Waals surface area (Å²) in [4.78, 5) is 0. The summed E-state index contributed by atoms with van der Waals surface area (Å²) < 4.78 is 12.0. The van der Waals surface area contributed by atoms with E-state index in [-0.39, 0.29) is 0 Å². The number of fused-ring (bicyclic) bond motifs is 8. The SMILES string of the molecule is COc1cc2ccccc2c2c1C[C@H]1CCC[C@H]1Cc1c(OC)cc3ccccc3c1-2. The van der Waals surface area contributed by atoms with Crippen LogP contribution in [0, 0.1) is 11.8 Å². The quantitative estimate of drug-likeness (QED) is 0.349. The molecule has 0 N–H and O–H groups in total. The molecule has 2 aliphatic carbocycles. The van der Waals surface area contributed by atoms with Gasteiger partial charge < -0.3 is 9.47 Å². The van der Waals surface area contributed by atoms with Crippen LogP contribution in [0.4, 0.5) is 0 Å². The normalized spacial score (nSPS) is 19.9. The van der Waals surface area contributed by atoms with Gasteiger partial charge in [0.15, 0.2) is 0 Å². The summed E-state index contributed by atoms with van der Waals surface area (Å²) in [6.45, 7) is 0. The number of hydrogen-bond donors (Lipinski definition) is 0. The summed E-state index contributed by atoms with van der Waals surface area (Å²) in [7, 11) is 3.64. The zero-order valence-corrected chi connectivity index (χ0v) is 18.3. The van der Waals surface area contributed by atoms with Gasteiger partial charge in [0, 0.05) is 11.1 Å². The van der Waals surface area contributed by atoms with Gasteiger partial charge in [-0.25, -0.2) is 0 Å². The highest BCUT2D eigenvalue weighted by atomic mass is 16.5. The first-order valence-electron chi connectivity index (χ1n) is 11.5. The number of benzene rings is 4. The average molecular weight is 409 g/mol. The largest absolute Gasteiger partial charge is 0.496 e. The molecular formula is C29H28O2. The molecule has 4 aromatic rings. The Bertz CT molecular complexity index is 1200. The Kier molecular flexibility index (Phi) is 4.41. The Hall–Kier alpha value is -3.00. The van der Waals surface area contributed by atoms with Gasteiger partial charge in [0.1, 0.15) is 11.5 Å². The monoisotopic (exact) mass is 408 g/mol. The third kappa shape index (κ3) is 2.85. The molecule has 1 fully saturated rings. The van der Waals surface area contributed by atoms with Gasteiger partial charge in [0.25, 0.3) is 0 Å². The predicted molar refractivity (Wildman–Crippen MR) is 128 cm³/mol. The van der Waals surface area contributed by atoms with Crippen LogP contribution < -0.4 is 9.47 Å². The minimum Gasteiger partial charge on any atom is -0.496 e. The molecule has 2 atom stereocenters. The van der Waals surface area contributed by atoms with Gasteiger partial charge in [-0.3, -0.25) is 0 Å². The van der Waals surface area contributed by atoms with E-state index in [1.54, 1.807) is 0 Å². The maximum absolute atomic E-state index is 6.02. The number of ether oxygens (including phenoxy) is 2. The fraction of sp³-hybridized carbons (Fsp3) is 0.310. The molecule has 2 nitrogen and oxygen atoms in total. The molecule has 0 spiro atoms. The summed E-state index contributed by atoms with van der Waals surface area (Å²) in [5.41, 5.74) is 5.45. The summed E-state index contributed by atoms with van der Waals surface area (Å²) in [5.74, 6) is 3.47. The van der Waals surface area contributed by atoms with E-state index in [4.69, 9.17) is 9.47 Å². The lowest BCUT2D eigenvalue weighted by Crippen LogP contribution is -2.18. The molecule has 6 rings (SSSR count). The van der Waals surface area contributed by atoms with Crippen LogP contribution in [0.5, 0.6) is 11.5 Å². The van der Waals surface area contributed by atoms with Gasteiger partial charge in [0.05, 0.1) is 14.2 Å². The van der Waals surface area contributed by atoms with Crippen LogP contribution in [-0.2, 0) is 12.8 Å². The molecule has 0 aromatic heterocycles. The Labute approximate surface area is 183 Å². The van der Waals surface area contributed by atoms with Gasteiger partial charge in [-0.1, -0.05) is 55.0 Å². The van der Waals surface area contributed by atoms with E-state index in [9.17, 15) is 0 Å². The number of rotatable bonds is 2. The van der Waals surface area contributed by atoms with Crippen molar-refractivity contribution in [3.63, 3.8) is 0 Å². The molecule has 0 amide bonds. The lowest BCUT2D eigenvalue weighted by atomic mass is 9.75. The van der Waals surface area contributed by atoms with Crippen molar-refractivity contribution in [1.29, 1.82) is 0 Å². The van der Waals surface area contributed by atoms with Crippen LogP contribution in [0.2, 0.25) is 0 Å². The van der Waals surface area contributed by atoms with Crippen molar-refractivity contribution in [2.45, 2.75) is 32.1 Å². The first-order valence-corrected chi connectivity index (χ1v) is 11.5. The predicted octanol–water partition coefficient (Wildman–Crippen LogP) is 7.19. The van der Waals surface area contributed by atoms with Crippen molar-refractivity contribution >= 4 is 21.5 Å². The summed E-state index contributed by atoms with van der Waals surface area (Å²) in [6, 6.07) is 22.0. The smallest absolute Gasteiger partial charge is 0.123 e. The maximum atomic E-state index is 6.02. The first kappa shape index (κ1) is 18.7. The van der Waals surface area contributed by atoms with Crippen molar-refractivity contribution in [1.82, 2.24) is 0 Å². The minimum atomic E-state index is 0.707. The Balaban J connectivity index is 1.82. The Morgan fingerprint density at radius 2 is 1.10 bits per heavy atom. The number of methoxy groups -OCH3 is 2. The fourth-order valence-electron chi connectivity index (χ4n) is 6.25. The van der Waals surface area contributed by atoms with Gasteiger partial charge in [-0.05, 0) is 82.3 Å². The second kappa shape index (κ2) is 7.30. The lowest BCUT2D eigenvalue weighted by molar-refractivity contribution is 0.358. The second-order valence-electron chi connectivity index (χ2n) is 9.17. The van der Waals surface area contributed by atoms with Crippen molar-refractivity contribution in [2.24, 2.45) is 11.8 Å². The molecule has 31 heavy (non-hydrogen) atoms. The molecule has 0 unspecified atom stereocenters. The van der Waals surface area contributed by atoms with Gasteiger partial charge in [0.2, 0.25) is 0 Å². The highest BCUT2D eigenvalue weighted by Crippen LogP contribution is 2.51. The van der Waals surface area contributed by atoms with Crippen LogP contribution in [-0.4, -0.2) is 14.2 Å². The van der Waals surface area contributed by atoms with Crippen LogP contribution >= 0.6 is 0 Å². The molecule has 2 aliphatic rings. The zero-order chi connectivity index (χ0) is 20.9. The topological polar surface area (TPSA) is 18.5 Å². The van der Waals surface area contributed by atoms with Crippen LogP contribution in [0.15, 0.2) is 60.7 Å². The average Bonchev–Trinajstić information content (AvgIpc) is 3.23. The zero-order valence-electron chi connectivity index (χ0n) is 18.3. The van der Waals surface area contributed by atoms with Crippen molar-refractivity contribution in [3.05, 3.63) is 71.8 Å². The second-order valence-corrected chi connectivity index (χ2v) is 9.17. The van der Waals surface area contributed by atoms with Gasteiger partial charge in [-0.15, -0.1) is 0 Å². The van der Waals surface area contributed by atoms with E-state index in [1.165, 1.54) is 63.1 Å². The molecule has 156 valence electrons. The van der Waals surface area contributed by atoms with E-state index < -0.39 is 0 Å². The first-order chi connectivity index (χ1) is 15.3. The maximum Gasteiger partial charge on any atom is 0.123 e. The molecule has 1 saturated carbocycles. The van der Waals surface area contributed by atoms with E-state index in [1.807, 2.05) is 14.2 Å². The van der Waals surface area contributed by atoms with Gasteiger partial charge >= 0.3 is 0 Å². The molecule has 0 bridgehead atoms. The Morgan fingerprint density at radius 3 is 1.55 bits per heavy atom. The van der Waals surface area contributed by atoms with Crippen LogP contribution in [0.25, 0.3) is 32.7 Å². The minimum absolute atomic E-state index is 0.707. The van der Waals surface area contributed by atoms with Crippen molar-refractivity contribution in [2.75, 3.05) is 14.2 Å². The van der Waals surface area contributed by atoms with Crippen LogP contribution in [0.3, 0.4) is 0 Å². The third-order valence-corrected chi connectivity index (χ3v) is 7.67. The van der Waals surface area contributed by atoms with E-state index in [0.717, 1.165) is 24.3 Å². The summed E-state index contributed by atoms with van der Waals surface area (Å²) in [5, 5.41) is 5.10. The van der Waals surface area contributed by atoms with Crippen molar-refractivity contribution in [3.8, 4) is 22.6 Å². The highest BCUT2D eigenvalue weighted by Gasteiger charge is 2.34. The number of hydrogen-bond acceptors (Lipinski definition) is 2. The van der Waals surface area contributed by atoms with Crippen molar-refractivity contribution < 1.29 is 9.47 Å². The molecule has 0 heterocycles. The highest BCUT2D eigenvalue weighted by molar-refractivity contribution is 6.09. The molecule has 0 radical (unpaired) electrons. The van der Waals surface area contributed by atoms with E-state index >= 15 is 0 Å². The molecule has 0 aliphatic heterocycles. The summed E-state index contributed by atoms with van der Waals surface area (Å²) in [6.07, 6.45) is 6.14. The standard InChI is InChI=1S/C29H28O2/c1-30-26-16-20-8-3-5-12-22(20)28-24(26)14-18-10-7-11-19(18)15-25-27(31-2)17-21-9-4-6-13-23(21)29(25)28/h3-6,8-9,12-13,16-19H,7,10-11,14-15H2,1-2H3/t18-,19+. The van der Waals surface area contributed by atoms with Gasteiger partial charge in [-0.2, -0.15) is 0 Å². The van der Waals surface area contributed by atoms with E-state index in [2.05, 4.69) is 60.7 Å². The molecule has 2 heteroatoms. The lowest BCUT2D eigenvalue weighted by Gasteiger charge is -2.30. The third-order valence-electron chi connectivity index (χ3n) is 7.67. The molecule has 4 aromatic carbocycles. The van der Waals surface area contributed by atoms with E-state index in [0.29, 0.717) is 11.8 Å². The Morgan fingerprint density at radius 1 is 0.645 bits per heavy atom. The summed E-state index contributed by atoms with van der Waals surface area (Å²) >= 11 is 0. The molecule has 0 saturated heterocycles. The van der Waals surface area contributed by atoms with Crippen LogP contribution in [0.1, 0.15) is 30.4 Å². The fourth-order valence-corrected chi connectivity index (χ4v) is 6.25. The molecular weight excluding hydrogens is 380 g/mol.